The number of thiophene rings is 1. The molecule has 2 heterocycles. The van der Waals surface area contributed by atoms with Crippen molar-refractivity contribution in [3.8, 4) is 0 Å². The van der Waals surface area contributed by atoms with Crippen LogP contribution in [0, 0.1) is 10.1 Å². The van der Waals surface area contributed by atoms with Gasteiger partial charge in [0.25, 0.3) is 11.6 Å². The van der Waals surface area contributed by atoms with Crippen molar-refractivity contribution in [1.29, 1.82) is 0 Å². The molecule has 3 rings (SSSR count). The molecule has 0 fully saturated rings. The van der Waals surface area contributed by atoms with Gasteiger partial charge in [-0.05, 0) is 35.6 Å². The monoisotopic (exact) mass is 317 g/mol. The van der Waals surface area contributed by atoms with Gasteiger partial charge in [-0.1, -0.05) is 0 Å². The van der Waals surface area contributed by atoms with Crippen molar-refractivity contribution in [3.63, 3.8) is 0 Å². The van der Waals surface area contributed by atoms with Crippen molar-refractivity contribution < 1.29 is 9.72 Å². The van der Waals surface area contributed by atoms with E-state index in [0.29, 0.717) is 24.3 Å². The summed E-state index contributed by atoms with van der Waals surface area (Å²) in [6.07, 6.45) is 0.843. The van der Waals surface area contributed by atoms with Gasteiger partial charge in [0.1, 0.15) is 5.69 Å². The fraction of sp³-hybridized carbons (Fsp3) is 0.267. The molecule has 2 aromatic rings. The number of nitrogens with zero attached hydrogens (tertiary/aromatic N) is 2. The van der Waals surface area contributed by atoms with Gasteiger partial charge in [0, 0.05) is 36.6 Å². The van der Waals surface area contributed by atoms with Crippen LogP contribution in [0.1, 0.15) is 20.8 Å². The van der Waals surface area contributed by atoms with Gasteiger partial charge >= 0.3 is 0 Å². The molecule has 1 aliphatic heterocycles. The van der Waals surface area contributed by atoms with E-state index in [2.05, 4.69) is 5.32 Å². The van der Waals surface area contributed by atoms with Crippen molar-refractivity contribution in [2.24, 2.45) is 0 Å². The predicted octanol–water partition coefficient (Wildman–Crippen LogP) is 2.90. The van der Waals surface area contributed by atoms with Crippen LogP contribution in [0.15, 0.2) is 29.6 Å². The van der Waals surface area contributed by atoms with Gasteiger partial charge in [-0.3, -0.25) is 14.9 Å². The summed E-state index contributed by atoms with van der Waals surface area (Å²) in [5.74, 6) is -0.164. The number of hydrogen-bond acceptors (Lipinski definition) is 5. The molecule has 0 bridgehead atoms. The van der Waals surface area contributed by atoms with Crippen LogP contribution in [0.3, 0.4) is 0 Å². The summed E-state index contributed by atoms with van der Waals surface area (Å²) in [6, 6.07) is 6.58. The smallest absolute Gasteiger partial charge is 0.293 e. The van der Waals surface area contributed by atoms with Crippen molar-refractivity contribution >= 4 is 28.6 Å². The molecule has 6 nitrogen and oxygen atoms in total. The van der Waals surface area contributed by atoms with Gasteiger partial charge < -0.3 is 10.2 Å². The Kier molecular flexibility index (Phi) is 3.81. The number of carbonyl (C=O) groups excluding carboxylic acids is 1. The average molecular weight is 317 g/mol. The molecule has 0 saturated carbocycles. The van der Waals surface area contributed by atoms with Gasteiger partial charge in [0.2, 0.25) is 0 Å². The molecule has 0 spiro atoms. The maximum Gasteiger partial charge on any atom is 0.293 e. The minimum absolute atomic E-state index is 0.0819. The summed E-state index contributed by atoms with van der Waals surface area (Å²) in [4.78, 5) is 26.3. The van der Waals surface area contributed by atoms with Crippen molar-refractivity contribution in [1.82, 2.24) is 4.90 Å². The highest BCUT2D eigenvalue weighted by Gasteiger charge is 2.24. The highest BCUT2D eigenvalue weighted by atomic mass is 32.1. The first-order valence-electron chi connectivity index (χ1n) is 6.91. The van der Waals surface area contributed by atoms with E-state index in [4.69, 9.17) is 0 Å². The molecule has 0 saturated heterocycles. The standard InChI is InChI=1S/C15H15N3O3S/c1-16-12-3-2-10(8-13(12)18(20)21)15(19)17-6-4-14-11(9-17)5-7-22-14/h2-3,5,7-8,16H,4,6,9H2,1H3. The van der Waals surface area contributed by atoms with E-state index in [0.717, 1.165) is 6.42 Å². The molecule has 0 aliphatic carbocycles. The molecular formula is C15H15N3O3S. The van der Waals surface area contributed by atoms with Crippen molar-refractivity contribution in [2.75, 3.05) is 18.9 Å². The summed E-state index contributed by atoms with van der Waals surface area (Å²) in [6.45, 7) is 1.22. The fourth-order valence-electron chi connectivity index (χ4n) is 2.63. The third-order valence-corrected chi connectivity index (χ3v) is 4.83. The van der Waals surface area contributed by atoms with Crippen molar-refractivity contribution in [3.05, 3.63) is 55.8 Å². The Hall–Kier alpha value is -2.41. The van der Waals surface area contributed by atoms with Crippen LogP contribution in [-0.2, 0) is 13.0 Å². The van der Waals surface area contributed by atoms with Crippen LogP contribution in [0.5, 0.6) is 0 Å². The first kappa shape index (κ1) is 14.5. The number of fused-ring (bicyclic) bond motifs is 1. The van der Waals surface area contributed by atoms with Crippen molar-refractivity contribution in [2.45, 2.75) is 13.0 Å². The summed E-state index contributed by atoms with van der Waals surface area (Å²) in [5, 5.41) is 15.9. The lowest BCUT2D eigenvalue weighted by Gasteiger charge is -2.27. The molecule has 1 aromatic carbocycles. The molecule has 1 aromatic heterocycles. The highest BCUT2D eigenvalue weighted by molar-refractivity contribution is 7.10. The second-order valence-corrected chi connectivity index (χ2v) is 6.09. The zero-order valence-electron chi connectivity index (χ0n) is 12.0. The number of amides is 1. The van der Waals surface area contributed by atoms with E-state index >= 15 is 0 Å². The summed E-state index contributed by atoms with van der Waals surface area (Å²) in [5.41, 5.74) is 1.84. The second kappa shape index (κ2) is 5.76. The first-order chi connectivity index (χ1) is 10.6. The molecule has 0 atom stereocenters. The SMILES string of the molecule is CNc1ccc(C(=O)N2CCc3sccc3C2)cc1[N+](=O)[O-]. The van der Waals surface area contributed by atoms with Gasteiger partial charge in [-0.15, -0.1) is 11.3 Å². The molecular weight excluding hydrogens is 302 g/mol. The summed E-state index contributed by atoms with van der Waals surface area (Å²) >= 11 is 1.71. The van der Waals surface area contributed by atoms with Crippen LogP contribution in [0.4, 0.5) is 11.4 Å². The Morgan fingerprint density at radius 3 is 2.95 bits per heavy atom. The molecule has 0 unspecified atom stereocenters. The number of rotatable bonds is 3. The van der Waals surface area contributed by atoms with Crippen LogP contribution in [0.25, 0.3) is 0 Å². The largest absolute Gasteiger partial charge is 0.383 e. The van der Waals surface area contributed by atoms with Crippen LogP contribution < -0.4 is 5.32 Å². The Morgan fingerprint density at radius 1 is 1.41 bits per heavy atom. The molecule has 7 heteroatoms. The number of anilines is 1. The average Bonchev–Trinajstić information content (AvgIpc) is 3.01. The maximum atomic E-state index is 12.6. The zero-order chi connectivity index (χ0) is 15.7. The molecule has 22 heavy (non-hydrogen) atoms. The maximum absolute atomic E-state index is 12.6. The minimum atomic E-state index is -0.476. The number of nitrogens with one attached hydrogen (secondary N) is 1. The normalized spacial score (nSPS) is 13.6. The van der Waals surface area contributed by atoms with Gasteiger partial charge in [0.15, 0.2) is 0 Å². The fourth-order valence-corrected chi connectivity index (χ4v) is 3.52. The van der Waals surface area contributed by atoms with E-state index in [1.165, 1.54) is 16.5 Å². The van der Waals surface area contributed by atoms with Gasteiger partial charge in [-0.25, -0.2) is 0 Å². The van der Waals surface area contributed by atoms with Crippen LogP contribution >= 0.6 is 11.3 Å². The quantitative estimate of drug-likeness (QED) is 0.697. The molecule has 1 amide bonds. The van der Waals surface area contributed by atoms with Gasteiger partial charge in [0.05, 0.1) is 4.92 Å². The zero-order valence-corrected chi connectivity index (χ0v) is 12.9. The lowest BCUT2D eigenvalue weighted by atomic mass is 10.1. The number of hydrogen-bond donors (Lipinski definition) is 1. The third-order valence-electron chi connectivity index (χ3n) is 3.81. The lowest BCUT2D eigenvalue weighted by molar-refractivity contribution is -0.384. The van der Waals surface area contributed by atoms with E-state index < -0.39 is 4.92 Å². The first-order valence-corrected chi connectivity index (χ1v) is 7.79. The minimum Gasteiger partial charge on any atom is -0.383 e. The number of benzene rings is 1. The summed E-state index contributed by atoms with van der Waals surface area (Å²) in [7, 11) is 1.62. The number of carbonyl (C=O) groups is 1. The number of nitro groups is 1. The Balaban J connectivity index is 1.87. The molecule has 114 valence electrons. The molecule has 0 radical (unpaired) electrons. The summed E-state index contributed by atoms with van der Waals surface area (Å²) < 4.78 is 0. The Morgan fingerprint density at radius 2 is 2.23 bits per heavy atom. The van der Waals surface area contributed by atoms with Gasteiger partial charge in [-0.2, -0.15) is 0 Å². The number of nitro benzene ring substituents is 1. The predicted molar refractivity (Wildman–Crippen MR) is 85.4 cm³/mol. The lowest BCUT2D eigenvalue weighted by Crippen LogP contribution is -2.35. The van der Waals surface area contributed by atoms with E-state index in [1.807, 2.05) is 11.4 Å². The topological polar surface area (TPSA) is 75.5 Å². The Labute approximate surface area is 131 Å². The van der Waals surface area contributed by atoms with E-state index in [9.17, 15) is 14.9 Å². The Bertz CT molecular complexity index is 741. The highest BCUT2D eigenvalue weighted by Crippen LogP contribution is 2.28. The van der Waals surface area contributed by atoms with Crippen LogP contribution in [-0.4, -0.2) is 29.3 Å². The van der Waals surface area contributed by atoms with Crippen LogP contribution in [0.2, 0.25) is 0 Å². The van der Waals surface area contributed by atoms with E-state index in [-0.39, 0.29) is 11.6 Å². The van der Waals surface area contributed by atoms with E-state index in [1.54, 1.807) is 35.4 Å². The second-order valence-electron chi connectivity index (χ2n) is 5.08. The molecule has 1 N–H and O–H groups in total. The molecule has 1 aliphatic rings. The third kappa shape index (κ3) is 2.55.